The number of thioether (sulfide) groups is 2. The zero-order chi connectivity index (χ0) is 34.3. The van der Waals surface area contributed by atoms with E-state index in [1.54, 1.807) is 6.08 Å². The number of nitrogens with zero attached hydrogens (tertiary/aromatic N) is 5. The van der Waals surface area contributed by atoms with Crippen molar-refractivity contribution in [2.75, 3.05) is 39.3 Å². The molecule has 0 atom stereocenters. The zero-order valence-electron chi connectivity index (χ0n) is 26.2. The second-order valence-electron chi connectivity index (χ2n) is 11.2. The van der Waals surface area contributed by atoms with Gasteiger partial charge in [0.05, 0.1) is 23.0 Å². The predicted molar refractivity (Wildman–Crippen MR) is 182 cm³/mol. The Morgan fingerprint density at radius 3 is 1.92 bits per heavy atom. The van der Waals surface area contributed by atoms with E-state index in [0.29, 0.717) is 50.8 Å². The highest BCUT2D eigenvalue weighted by molar-refractivity contribution is 8.18. The summed E-state index contributed by atoms with van der Waals surface area (Å²) in [5.74, 6) is -1.96. The number of aromatic hydroxyl groups is 1. The molecule has 3 saturated heterocycles. The highest BCUT2D eigenvalue weighted by Crippen LogP contribution is 2.34. The normalized spacial score (nSPS) is 21.2. The minimum atomic E-state index is -0.720. The summed E-state index contributed by atoms with van der Waals surface area (Å²) in [6.45, 7) is 4.15. The van der Waals surface area contributed by atoms with Crippen LogP contribution >= 0.6 is 23.5 Å². The molecule has 0 saturated carbocycles. The Labute approximate surface area is 289 Å². The minimum Gasteiger partial charge on any atom is -0.507 e. The Kier molecular flexibility index (Phi) is 11.3. The molecule has 258 valence electrons. The number of hydrazine groups is 2. The van der Waals surface area contributed by atoms with Gasteiger partial charge in [-0.05, 0) is 92.0 Å². The molecule has 5 aliphatic heterocycles. The van der Waals surface area contributed by atoms with E-state index in [4.69, 9.17) is 9.57 Å². The average Bonchev–Trinajstić information content (AvgIpc) is 3.86. The fourth-order valence-electron chi connectivity index (χ4n) is 5.10. The number of aliphatic imine (C=N–C) groups is 2. The summed E-state index contributed by atoms with van der Waals surface area (Å²) in [6, 6.07) is 7.50. The quantitative estimate of drug-likeness (QED) is 0.381. The third kappa shape index (κ3) is 8.85. The Morgan fingerprint density at radius 1 is 0.816 bits per heavy atom. The van der Waals surface area contributed by atoms with Gasteiger partial charge in [-0.15, -0.1) is 0 Å². The van der Waals surface area contributed by atoms with E-state index in [2.05, 4.69) is 20.8 Å². The first-order valence-corrected chi connectivity index (χ1v) is 17.3. The smallest absolute Gasteiger partial charge is 0.439 e. The van der Waals surface area contributed by atoms with Crippen molar-refractivity contribution in [3.05, 3.63) is 69.0 Å². The molecule has 2 aromatic carbocycles. The molecule has 0 unspecified atom stereocenters. The maximum absolute atomic E-state index is 13.7. The largest absolute Gasteiger partial charge is 0.507 e. The number of rotatable bonds is 3. The van der Waals surface area contributed by atoms with Crippen LogP contribution in [0.1, 0.15) is 43.2 Å². The van der Waals surface area contributed by atoms with Crippen LogP contribution in [0.4, 0.5) is 13.6 Å². The zero-order valence-corrected chi connectivity index (χ0v) is 27.8. The first kappa shape index (κ1) is 34.6. The Hall–Kier alpha value is -4.29. The van der Waals surface area contributed by atoms with Crippen molar-refractivity contribution in [1.82, 2.24) is 25.9 Å². The van der Waals surface area contributed by atoms with Gasteiger partial charge in [0.25, 0.3) is 11.8 Å². The lowest BCUT2D eigenvalue weighted by atomic mass is 10.2. The summed E-state index contributed by atoms with van der Waals surface area (Å²) >= 11 is 2.49. The number of ether oxygens (including phenoxy) is 1. The summed E-state index contributed by atoms with van der Waals surface area (Å²) < 4.78 is 32.0. The number of amidine groups is 2. The molecule has 0 spiro atoms. The molecule has 13 nitrogen and oxygen atoms in total. The van der Waals surface area contributed by atoms with Crippen molar-refractivity contribution >= 4 is 63.9 Å². The minimum absolute atomic E-state index is 0.0194. The van der Waals surface area contributed by atoms with Gasteiger partial charge in [-0.2, -0.15) is 15.0 Å². The molecule has 0 bridgehead atoms. The number of halogens is 2. The molecule has 2 aromatic rings. The van der Waals surface area contributed by atoms with Gasteiger partial charge in [-0.3, -0.25) is 24.4 Å². The van der Waals surface area contributed by atoms with Gasteiger partial charge >= 0.3 is 6.09 Å². The van der Waals surface area contributed by atoms with Crippen molar-refractivity contribution in [2.24, 2.45) is 9.98 Å². The van der Waals surface area contributed by atoms with Gasteiger partial charge in [0.15, 0.2) is 10.3 Å². The second kappa shape index (κ2) is 15.9. The molecule has 17 heteroatoms. The number of hydroxylamine groups is 2. The standard InChI is InChI=1S/C18H19FN4O4S.C14H14FN3O2S/c19-13-5-4-12(14(11-13)27-18(25)23-8-3-9-26-23)10-15-16(24)21-17(28-15)22-7-2-1-6-20-22;15-10-4-3-9(11(19)8-10)7-12-13(20)17-14(21-12)18-6-2-1-5-16-18/h4-5,10-11,20H,1-3,6-9H2;3-4,7-8,16,19H,1-2,5-6H2/b15-10+;12-7-. The van der Waals surface area contributed by atoms with Crippen LogP contribution in [0, 0.1) is 11.6 Å². The number of benzene rings is 2. The van der Waals surface area contributed by atoms with Crippen molar-refractivity contribution in [2.45, 2.75) is 32.1 Å². The Bertz CT molecular complexity index is 1740. The first-order chi connectivity index (χ1) is 23.7. The van der Waals surface area contributed by atoms with Crippen LogP contribution in [-0.2, 0) is 14.4 Å². The number of amides is 3. The van der Waals surface area contributed by atoms with Crippen LogP contribution < -0.4 is 15.6 Å². The van der Waals surface area contributed by atoms with Gasteiger partial charge in [0, 0.05) is 49.4 Å². The average molecular weight is 714 g/mol. The van der Waals surface area contributed by atoms with E-state index < -0.39 is 17.7 Å². The fourth-order valence-corrected chi connectivity index (χ4v) is 6.92. The van der Waals surface area contributed by atoms with Crippen LogP contribution in [0.3, 0.4) is 0 Å². The van der Waals surface area contributed by atoms with Gasteiger partial charge in [0.1, 0.15) is 23.1 Å². The third-order valence-corrected chi connectivity index (χ3v) is 9.61. The molecule has 0 aliphatic carbocycles. The molecular formula is C32H33F2N7O6S2. The molecule has 3 N–H and O–H groups in total. The van der Waals surface area contributed by atoms with E-state index in [0.717, 1.165) is 69.1 Å². The molecule has 0 aromatic heterocycles. The fraction of sp³-hybridized carbons (Fsp3) is 0.344. The highest BCUT2D eigenvalue weighted by atomic mass is 32.2. The maximum Gasteiger partial charge on any atom is 0.439 e. The van der Waals surface area contributed by atoms with Crippen LogP contribution in [0.5, 0.6) is 11.5 Å². The number of carbonyl (C=O) groups is 3. The van der Waals surface area contributed by atoms with Crippen molar-refractivity contribution in [3.8, 4) is 11.5 Å². The molecular weight excluding hydrogens is 681 g/mol. The molecule has 7 rings (SSSR count). The molecule has 49 heavy (non-hydrogen) atoms. The summed E-state index contributed by atoms with van der Waals surface area (Å²) in [4.78, 5) is 50.4. The number of phenolic OH excluding ortho intramolecular Hbond substituents is 1. The van der Waals surface area contributed by atoms with Crippen LogP contribution in [0.25, 0.3) is 12.2 Å². The lowest BCUT2D eigenvalue weighted by Crippen LogP contribution is -2.45. The summed E-state index contributed by atoms with van der Waals surface area (Å²) in [7, 11) is 0. The van der Waals surface area contributed by atoms with E-state index in [1.165, 1.54) is 53.9 Å². The number of phenols is 1. The number of carbonyl (C=O) groups excluding carboxylic acids is 3. The third-order valence-electron chi connectivity index (χ3n) is 7.60. The predicted octanol–water partition coefficient (Wildman–Crippen LogP) is 4.63. The molecule has 3 amide bonds. The molecule has 0 radical (unpaired) electrons. The van der Waals surface area contributed by atoms with Crippen molar-refractivity contribution in [3.63, 3.8) is 0 Å². The van der Waals surface area contributed by atoms with Crippen LogP contribution in [0.2, 0.25) is 0 Å². The summed E-state index contributed by atoms with van der Waals surface area (Å²) in [6.07, 6.45) is 7.34. The lowest BCUT2D eigenvalue weighted by Gasteiger charge is -2.28. The topological polar surface area (TPSA) is 148 Å². The number of nitrogens with one attached hydrogen (secondary N) is 2. The maximum atomic E-state index is 13.7. The lowest BCUT2D eigenvalue weighted by molar-refractivity contribution is -0.114. The molecule has 5 heterocycles. The van der Waals surface area contributed by atoms with Crippen molar-refractivity contribution in [1.29, 1.82) is 0 Å². The van der Waals surface area contributed by atoms with E-state index in [1.807, 2.05) is 10.0 Å². The summed E-state index contributed by atoms with van der Waals surface area (Å²) in [5.41, 5.74) is 7.20. The Morgan fingerprint density at radius 2 is 1.39 bits per heavy atom. The second-order valence-corrected chi connectivity index (χ2v) is 13.2. The van der Waals surface area contributed by atoms with E-state index in [-0.39, 0.29) is 23.3 Å². The molecule has 5 aliphatic rings. The van der Waals surface area contributed by atoms with Gasteiger partial charge in [0.2, 0.25) is 0 Å². The Balaban J connectivity index is 0.000000177. The summed E-state index contributed by atoms with van der Waals surface area (Å²) in [5, 5.41) is 15.7. The first-order valence-electron chi connectivity index (χ1n) is 15.7. The molecule has 3 fully saturated rings. The van der Waals surface area contributed by atoms with Gasteiger partial charge in [-0.25, -0.2) is 24.4 Å². The van der Waals surface area contributed by atoms with Gasteiger partial charge < -0.3 is 9.84 Å². The number of hydrogen-bond donors (Lipinski definition) is 3. The van der Waals surface area contributed by atoms with Crippen LogP contribution in [-0.4, -0.2) is 87.8 Å². The number of hydrogen-bond acceptors (Lipinski definition) is 12. The van der Waals surface area contributed by atoms with Crippen LogP contribution in [0.15, 0.2) is 56.2 Å². The van der Waals surface area contributed by atoms with E-state index in [9.17, 15) is 28.3 Å². The highest BCUT2D eigenvalue weighted by Gasteiger charge is 2.29. The monoisotopic (exact) mass is 713 g/mol. The van der Waals surface area contributed by atoms with E-state index >= 15 is 0 Å². The van der Waals surface area contributed by atoms with Crippen molar-refractivity contribution < 1.29 is 37.8 Å². The van der Waals surface area contributed by atoms with Gasteiger partial charge in [-0.1, -0.05) is 0 Å². The SMILES string of the molecule is O=C1N=C(N2CCCCN2)S/C1=C/c1ccc(F)cc1OC(=O)N1CCCO1.O=C1N=C(N2CCCCN2)S/C1=C\c1ccc(F)cc1O.